The van der Waals surface area contributed by atoms with Crippen molar-refractivity contribution in [3.63, 3.8) is 0 Å². The SMILES string of the molecule is CC(C)NCC1CCCC1Cc1nc2ccccc2s1. The maximum atomic E-state index is 4.80. The lowest BCUT2D eigenvalue weighted by Gasteiger charge is -2.20. The summed E-state index contributed by atoms with van der Waals surface area (Å²) in [6, 6.07) is 9.09. The molecule has 1 fully saturated rings. The van der Waals surface area contributed by atoms with Gasteiger partial charge in [0.2, 0.25) is 0 Å². The highest BCUT2D eigenvalue weighted by molar-refractivity contribution is 7.18. The van der Waals surface area contributed by atoms with E-state index in [2.05, 4.69) is 43.4 Å². The van der Waals surface area contributed by atoms with E-state index < -0.39 is 0 Å². The van der Waals surface area contributed by atoms with Gasteiger partial charge < -0.3 is 5.32 Å². The van der Waals surface area contributed by atoms with Gasteiger partial charge in [-0.05, 0) is 43.4 Å². The number of para-hydroxylation sites is 1. The number of hydrogen-bond acceptors (Lipinski definition) is 3. The molecule has 1 aliphatic rings. The summed E-state index contributed by atoms with van der Waals surface area (Å²) in [6.45, 7) is 5.64. The van der Waals surface area contributed by atoms with Crippen molar-refractivity contribution in [2.45, 2.75) is 45.6 Å². The smallest absolute Gasteiger partial charge is 0.0941 e. The third-order valence-corrected chi connectivity index (χ3v) is 5.44. The molecule has 3 rings (SSSR count). The molecule has 1 aromatic heterocycles. The molecule has 1 saturated carbocycles. The zero-order valence-electron chi connectivity index (χ0n) is 12.4. The van der Waals surface area contributed by atoms with E-state index in [9.17, 15) is 0 Å². The van der Waals surface area contributed by atoms with E-state index in [1.807, 2.05) is 11.3 Å². The molecular weight excluding hydrogens is 264 g/mol. The zero-order valence-corrected chi connectivity index (χ0v) is 13.2. The average molecular weight is 288 g/mol. The number of thiazole rings is 1. The first-order valence-corrected chi connectivity index (χ1v) is 8.62. The maximum absolute atomic E-state index is 4.80. The standard InChI is InChI=1S/C17H24N2S/c1-12(2)18-11-14-7-5-6-13(14)10-17-19-15-8-3-4-9-16(15)20-17/h3-4,8-9,12-14,18H,5-7,10-11H2,1-2H3. The van der Waals surface area contributed by atoms with Gasteiger partial charge in [-0.2, -0.15) is 0 Å². The molecule has 0 saturated heterocycles. The number of aromatic nitrogens is 1. The van der Waals surface area contributed by atoms with Crippen molar-refractivity contribution < 1.29 is 0 Å². The van der Waals surface area contributed by atoms with E-state index in [-0.39, 0.29) is 0 Å². The Morgan fingerprint density at radius 1 is 1.25 bits per heavy atom. The van der Waals surface area contributed by atoms with Crippen LogP contribution in [-0.4, -0.2) is 17.6 Å². The second-order valence-corrected chi connectivity index (χ2v) is 7.41. The Hall–Kier alpha value is -0.930. The van der Waals surface area contributed by atoms with Crippen LogP contribution >= 0.6 is 11.3 Å². The summed E-state index contributed by atoms with van der Waals surface area (Å²) < 4.78 is 1.33. The van der Waals surface area contributed by atoms with Gasteiger partial charge in [0.05, 0.1) is 15.2 Å². The highest BCUT2D eigenvalue weighted by Crippen LogP contribution is 2.35. The number of fused-ring (bicyclic) bond motifs is 1. The molecule has 0 amide bonds. The van der Waals surface area contributed by atoms with E-state index in [0.29, 0.717) is 6.04 Å². The van der Waals surface area contributed by atoms with Crippen LogP contribution in [0.2, 0.25) is 0 Å². The minimum Gasteiger partial charge on any atom is -0.314 e. The maximum Gasteiger partial charge on any atom is 0.0941 e. The minimum atomic E-state index is 0.596. The highest BCUT2D eigenvalue weighted by Gasteiger charge is 2.28. The van der Waals surface area contributed by atoms with Gasteiger partial charge in [-0.15, -0.1) is 11.3 Å². The normalized spacial score (nSPS) is 22.9. The van der Waals surface area contributed by atoms with Gasteiger partial charge in [-0.1, -0.05) is 32.4 Å². The van der Waals surface area contributed by atoms with Gasteiger partial charge in [0.25, 0.3) is 0 Å². The largest absolute Gasteiger partial charge is 0.314 e. The van der Waals surface area contributed by atoms with E-state index >= 15 is 0 Å². The van der Waals surface area contributed by atoms with Crippen LogP contribution in [0, 0.1) is 11.8 Å². The van der Waals surface area contributed by atoms with Gasteiger partial charge in [-0.3, -0.25) is 0 Å². The average Bonchev–Trinajstić information content (AvgIpc) is 3.02. The first-order chi connectivity index (χ1) is 9.72. The molecule has 0 spiro atoms. The Kier molecular flexibility index (Phi) is 4.37. The molecule has 1 N–H and O–H groups in total. The Morgan fingerprint density at radius 2 is 2.05 bits per heavy atom. The van der Waals surface area contributed by atoms with Crippen LogP contribution < -0.4 is 5.32 Å². The molecule has 2 nitrogen and oxygen atoms in total. The summed E-state index contributed by atoms with van der Waals surface area (Å²) in [7, 11) is 0. The molecule has 0 aliphatic heterocycles. The van der Waals surface area contributed by atoms with Crippen LogP contribution in [0.5, 0.6) is 0 Å². The molecule has 20 heavy (non-hydrogen) atoms. The summed E-state index contributed by atoms with van der Waals surface area (Å²) in [5, 5.41) is 4.94. The van der Waals surface area contributed by atoms with Crippen molar-refractivity contribution in [1.82, 2.24) is 10.3 Å². The Balaban J connectivity index is 1.66. The lowest BCUT2D eigenvalue weighted by molar-refractivity contribution is 0.354. The number of hydrogen-bond donors (Lipinski definition) is 1. The minimum absolute atomic E-state index is 0.596. The quantitative estimate of drug-likeness (QED) is 0.889. The first kappa shape index (κ1) is 14.0. The van der Waals surface area contributed by atoms with Gasteiger partial charge in [0.15, 0.2) is 0 Å². The third-order valence-electron chi connectivity index (χ3n) is 4.38. The molecule has 1 aromatic carbocycles. The molecule has 0 bridgehead atoms. The van der Waals surface area contributed by atoms with Crippen LogP contribution in [0.4, 0.5) is 0 Å². The highest BCUT2D eigenvalue weighted by atomic mass is 32.1. The Morgan fingerprint density at radius 3 is 2.85 bits per heavy atom. The van der Waals surface area contributed by atoms with E-state index in [4.69, 9.17) is 4.98 Å². The first-order valence-electron chi connectivity index (χ1n) is 7.80. The van der Waals surface area contributed by atoms with Crippen molar-refractivity contribution in [2.75, 3.05) is 6.54 Å². The molecule has 2 aromatic rings. The molecule has 1 aliphatic carbocycles. The summed E-state index contributed by atoms with van der Waals surface area (Å²) >= 11 is 1.88. The van der Waals surface area contributed by atoms with Crippen LogP contribution in [0.25, 0.3) is 10.2 Å². The van der Waals surface area contributed by atoms with Crippen molar-refractivity contribution in [3.8, 4) is 0 Å². The molecular formula is C17H24N2S. The molecule has 2 atom stereocenters. The van der Waals surface area contributed by atoms with Crippen molar-refractivity contribution in [3.05, 3.63) is 29.3 Å². The molecule has 1 heterocycles. The monoisotopic (exact) mass is 288 g/mol. The zero-order chi connectivity index (χ0) is 13.9. The topological polar surface area (TPSA) is 24.9 Å². The van der Waals surface area contributed by atoms with Crippen molar-refractivity contribution in [2.24, 2.45) is 11.8 Å². The van der Waals surface area contributed by atoms with Gasteiger partial charge in [-0.25, -0.2) is 4.98 Å². The summed E-state index contributed by atoms with van der Waals surface area (Å²) in [5.41, 5.74) is 1.17. The summed E-state index contributed by atoms with van der Waals surface area (Å²) in [6.07, 6.45) is 5.32. The van der Waals surface area contributed by atoms with Crippen LogP contribution in [0.15, 0.2) is 24.3 Å². The van der Waals surface area contributed by atoms with Crippen molar-refractivity contribution in [1.29, 1.82) is 0 Å². The Bertz CT molecular complexity index is 528. The fraction of sp³-hybridized carbons (Fsp3) is 0.588. The van der Waals surface area contributed by atoms with Crippen LogP contribution in [0.1, 0.15) is 38.1 Å². The van der Waals surface area contributed by atoms with E-state index in [1.54, 1.807) is 0 Å². The fourth-order valence-electron chi connectivity index (χ4n) is 3.27. The van der Waals surface area contributed by atoms with E-state index in [1.165, 1.54) is 47.5 Å². The molecule has 2 unspecified atom stereocenters. The second-order valence-electron chi connectivity index (χ2n) is 6.29. The third kappa shape index (κ3) is 3.21. The van der Waals surface area contributed by atoms with Crippen LogP contribution in [0.3, 0.4) is 0 Å². The lowest BCUT2D eigenvalue weighted by Crippen LogP contribution is -2.31. The number of rotatable bonds is 5. The second kappa shape index (κ2) is 6.23. The predicted molar refractivity (Wildman–Crippen MR) is 87.3 cm³/mol. The fourth-order valence-corrected chi connectivity index (χ4v) is 4.33. The van der Waals surface area contributed by atoms with E-state index in [0.717, 1.165) is 11.8 Å². The van der Waals surface area contributed by atoms with Gasteiger partial charge in [0, 0.05) is 12.5 Å². The van der Waals surface area contributed by atoms with Gasteiger partial charge in [0.1, 0.15) is 0 Å². The van der Waals surface area contributed by atoms with Crippen molar-refractivity contribution >= 4 is 21.6 Å². The molecule has 0 radical (unpaired) electrons. The summed E-state index contributed by atoms with van der Waals surface area (Å²) in [4.78, 5) is 4.80. The summed E-state index contributed by atoms with van der Waals surface area (Å²) in [5.74, 6) is 1.66. The predicted octanol–water partition coefficient (Wildman–Crippen LogP) is 4.25. The molecule has 108 valence electrons. The molecule has 3 heteroatoms. The van der Waals surface area contributed by atoms with Crippen LogP contribution in [-0.2, 0) is 6.42 Å². The lowest BCUT2D eigenvalue weighted by atomic mass is 9.93. The Labute approximate surface area is 125 Å². The number of nitrogens with zero attached hydrogens (tertiary/aromatic N) is 1. The number of benzene rings is 1. The number of nitrogens with one attached hydrogen (secondary N) is 1. The van der Waals surface area contributed by atoms with Gasteiger partial charge >= 0.3 is 0 Å².